The van der Waals surface area contributed by atoms with Crippen LogP contribution < -0.4 is 4.74 Å². The number of hydrogen-bond donors (Lipinski definition) is 0. The van der Waals surface area contributed by atoms with Gasteiger partial charge in [-0.2, -0.15) is 0 Å². The predicted octanol–water partition coefficient (Wildman–Crippen LogP) is 2.46. The molecule has 1 aliphatic carbocycles. The SMILES string of the molecule is Cc1ccc([N+](=O)[O-])cc1OC(=O)C1CCN(C(=O)C2CC2)CC1. The van der Waals surface area contributed by atoms with Gasteiger partial charge in [-0.1, -0.05) is 0 Å². The lowest BCUT2D eigenvalue weighted by Crippen LogP contribution is -2.41. The van der Waals surface area contributed by atoms with Crippen LogP contribution in [0.1, 0.15) is 31.2 Å². The summed E-state index contributed by atoms with van der Waals surface area (Å²) in [6, 6.07) is 4.23. The Kier molecular flexibility index (Phi) is 4.51. The summed E-state index contributed by atoms with van der Waals surface area (Å²) in [5.74, 6) is -0.0212. The molecular weight excluding hydrogens is 312 g/mol. The molecule has 1 aromatic rings. The molecule has 24 heavy (non-hydrogen) atoms. The smallest absolute Gasteiger partial charge is 0.314 e. The Hall–Kier alpha value is -2.44. The first-order valence-electron chi connectivity index (χ1n) is 8.21. The number of esters is 1. The molecule has 2 aliphatic rings. The van der Waals surface area contributed by atoms with Crippen LogP contribution in [-0.4, -0.2) is 34.8 Å². The number of amides is 1. The van der Waals surface area contributed by atoms with E-state index in [0.717, 1.165) is 12.8 Å². The van der Waals surface area contributed by atoms with Gasteiger partial charge in [0.05, 0.1) is 16.9 Å². The minimum absolute atomic E-state index is 0.103. The molecule has 0 N–H and O–H groups in total. The number of carbonyl (C=O) groups is 2. The van der Waals surface area contributed by atoms with E-state index in [9.17, 15) is 19.7 Å². The average molecular weight is 332 g/mol. The second-order valence-corrected chi connectivity index (χ2v) is 6.50. The van der Waals surface area contributed by atoms with Crippen LogP contribution in [0, 0.1) is 28.9 Å². The van der Waals surface area contributed by atoms with Crippen molar-refractivity contribution >= 4 is 17.6 Å². The summed E-state index contributed by atoms with van der Waals surface area (Å²) in [6.45, 7) is 2.88. The van der Waals surface area contributed by atoms with Crippen LogP contribution in [-0.2, 0) is 9.59 Å². The van der Waals surface area contributed by atoms with Gasteiger partial charge in [0.2, 0.25) is 5.91 Å². The van der Waals surface area contributed by atoms with E-state index in [-0.39, 0.29) is 35.1 Å². The van der Waals surface area contributed by atoms with Gasteiger partial charge in [-0.05, 0) is 44.2 Å². The van der Waals surface area contributed by atoms with E-state index in [1.54, 1.807) is 13.0 Å². The van der Waals surface area contributed by atoms with E-state index in [2.05, 4.69) is 0 Å². The standard InChI is InChI=1S/C17H20N2O5/c1-11-2-5-14(19(22)23)10-15(11)24-17(21)13-6-8-18(9-7-13)16(20)12-3-4-12/h2,5,10,12-13H,3-4,6-9H2,1H3. The lowest BCUT2D eigenvalue weighted by atomic mass is 9.96. The minimum Gasteiger partial charge on any atom is -0.426 e. The Bertz CT molecular complexity index is 676. The van der Waals surface area contributed by atoms with Gasteiger partial charge in [-0.25, -0.2) is 0 Å². The Labute approximate surface area is 139 Å². The number of nitro benzene ring substituents is 1. The molecule has 7 heteroatoms. The number of hydrogen-bond acceptors (Lipinski definition) is 5. The summed E-state index contributed by atoms with van der Waals surface area (Å²) in [7, 11) is 0. The molecule has 1 heterocycles. The average Bonchev–Trinajstić information content (AvgIpc) is 3.41. The molecule has 0 bridgehead atoms. The molecule has 0 atom stereocenters. The highest BCUT2D eigenvalue weighted by Gasteiger charge is 2.36. The highest BCUT2D eigenvalue weighted by Crippen LogP contribution is 2.33. The van der Waals surface area contributed by atoms with Crippen molar-refractivity contribution in [1.29, 1.82) is 0 Å². The van der Waals surface area contributed by atoms with Gasteiger partial charge in [0.1, 0.15) is 5.75 Å². The summed E-state index contributed by atoms with van der Waals surface area (Å²) in [5, 5.41) is 10.8. The van der Waals surface area contributed by atoms with Crippen LogP contribution in [0.25, 0.3) is 0 Å². The van der Waals surface area contributed by atoms with Crippen molar-refractivity contribution in [2.24, 2.45) is 11.8 Å². The monoisotopic (exact) mass is 332 g/mol. The second-order valence-electron chi connectivity index (χ2n) is 6.50. The topological polar surface area (TPSA) is 89.8 Å². The molecule has 1 saturated heterocycles. The molecule has 1 aliphatic heterocycles. The van der Waals surface area contributed by atoms with Crippen molar-refractivity contribution in [3.8, 4) is 5.75 Å². The van der Waals surface area contributed by atoms with Crippen LogP contribution in [0.5, 0.6) is 5.75 Å². The molecule has 1 aromatic carbocycles. The van der Waals surface area contributed by atoms with Crippen molar-refractivity contribution in [1.82, 2.24) is 4.90 Å². The fourth-order valence-corrected chi connectivity index (χ4v) is 2.93. The van der Waals surface area contributed by atoms with Crippen LogP contribution in [0.15, 0.2) is 18.2 Å². The van der Waals surface area contributed by atoms with Crippen molar-refractivity contribution < 1.29 is 19.2 Å². The van der Waals surface area contributed by atoms with Crippen LogP contribution >= 0.6 is 0 Å². The number of benzene rings is 1. The third-order valence-electron chi connectivity index (χ3n) is 4.66. The number of rotatable bonds is 4. The van der Waals surface area contributed by atoms with E-state index in [1.165, 1.54) is 12.1 Å². The maximum atomic E-state index is 12.3. The van der Waals surface area contributed by atoms with E-state index in [1.807, 2.05) is 4.90 Å². The molecule has 0 spiro atoms. The Morgan fingerprint density at radius 1 is 1.17 bits per heavy atom. The quantitative estimate of drug-likeness (QED) is 0.366. The molecule has 0 radical (unpaired) electrons. The first-order valence-corrected chi connectivity index (χ1v) is 8.21. The second kappa shape index (κ2) is 6.59. The van der Waals surface area contributed by atoms with Crippen molar-refractivity contribution in [3.63, 3.8) is 0 Å². The lowest BCUT2D eigenvalue weighted by Gasteiger charge is -2.31. The molecule has 7 nitrogen and oxygen atoms in total. The lowest BCUT2D eigenvalue weighted by molar-refractivity contribution is -0.384. The van der Waals surface area contributed by atoms with E-state index >= 15 is 0 Å². The number of aryl methyl sites for hydroxylation is 1. The highest BCUT2D eigenvalue weighted by molar-refractivity contribution is 5.81. The molecule has 1 saturated carbocycles. The Morgan fingerprint density at radius 2 is 1.83 bits per heavy atom. The molecule has 2 fully saturated rings. The Morgan fingerprint density at radius 3 is 2.42 bits per heavy atom. The fraction of sp³-hybridized carbons (Fsp3) is 0.529. The van der Waals surface area contributed by atoms with Gasteiger partial charge < -0.3 is 9.64 Å². The van der Waals surface area contributed by atoms with Crippen LogP contribution in [0.3, 0.4) is 0 Å². The summed E-state index contributed by atoms with van der Waals surface area (Å²) in [4.78, 5) is 36.5. The largest absolute Gasteiger partial charge is 0.426 e. The first-order chi connectivity index (χ1) is 11.5. The third-order valence-corrected chi connectivity index (χ3v) is 4.66. The number of piperidine rings is 1. The Balaban J connectivity index is 1.59. The molecule has 3 rings (SSSR count). The van der Waals surface area contributed by atoms with Crippen molar-refractivity contribution in [3.05, 3.63) is 33.9 Å². The number of nitro groups is 1. The van der Waals surface area contributed by atoms with Crippen molar-refractivity contribution in [2.75, 3.05) is 13.1 Å². The van der Waals surface area contributed by atoms with Gasteiger partial charge >= 0.3 is 5.97 Å². The van der Waals surface area contributed by atoms with Gasteiger partial charge in [0.15, 0.2) is 0 Å². The number of ether oxygens (including phenoxy) is 1. The van der Waals surface area contributed by atoms with Gasteiger partial charge in [-0.15, -0.1) is 0 Å². The fourth-order valence-electron chi connectivity index (χ4n) is 2.93. The van der Waals surface area contributed by atoms with E-state index in [4.69, 9.17) is 4.74 Å². The summed E-state index contributed by atoms with van der Waals surface area (Å²) in [5.41, 5.74) is 0.573. The normalized spacial score (nSPS) is 18.3. The predicted molar refractivity (Wildman–Crippen MR) is 85.5 cm³/mol. The molecule has 128 valence electrons. The molecule has 0 unspecified atom stereocenters. The summed E-state index contributed by atoms with van der Waals surface area (Å²) < 4.78 is 5.38. The zero-order valence-electron chi connectivity index (χ0n) is 13.6. The van der Waals surface area contributed by atoms with E-state index in [0.29, 0.717) is 31.5 Å². The van der Waals surface area contributed by atoms with Gasteiger partial charge in [0.25, 0.3) is 5.69 Å². The zero-order chi connectivity index (χ0) is 17.3. The van der Waals surface area contributed by atoms with Gasteiger partial charge in [0, 0.05) is 25.1 Å². The third kappa shape index (κ3) is 3.55. The minimum atomic E-state index is -0.515. The maximum Gasteiger partial charge on any atom is 0.314 e. The molecular formula is C17H20N2O5. The summed E-state index contributed by atoms with van der Waals surface area (Å²) >= 11 is 0. The van der Waals surface area contributed by atoms with Gasteiger partial charge in [-0.3, -0.25) is 19.7 Å². The summed E-state index contributed by atoms with van der Waals surface area (Å²) in [6.07, 6.45) is 3.11. The first kappa shape index (κ1) is 16.4. The number of non-ortho nitro benzene ring substituents is 1. The van der Waals surface area contributed by atoms with Crippen molar-refractivity contribution in [2.45, 2.75) is 32.6 Å². The maximum absolute atomic E-state index is 12.3. The number of nitrogens with zero attached hydrogens (tertiary/aromatic N) is 2. The molecule has 0 aromatic heterocycles. The highest BCUT2D eigenvalue weighted by atomic mass is 16.6. The van der Waals surface area contributed by atoms with Crippen LogP contribution in [0.4, 0.5) is 5.69 Å². The zero-order valence-corrected chi connectivity index (χ0v) is 13.6. The molecule has 1 amide bonds. The number of carbonyl (C=O) groups excluding carboxylic acids is 2. The van der Waals surface area contributed by atoms with Crippen LogP contribution in [0.2, 0.25) is 0 Å². The number of likely N-dealkylation sites (tertiary alicyclic amines) is 1. The van der Waals surface area contributed by atoms with E-state index < -0.39 is 4.92 Å².